The Morgan fingerprint density at radius 2 is 1.57 bits per heavy atom. The summed E-state index contributed by atoms with van der Waals surface area (Å²) in [5.41, 5.74) is 0.255. The number of ether oxygens (including phenoxy) is 3. The van der Waals surface area contributed by atoms with Crippen molar-refractivity contribution in [1.29, 1.82) is 0 Å². The molecule has 202 valence electrons. The molecule has 0 radical (unpaired) electrons. The van der Waals surface area contributed by atoms with E-state index in [4.69, 9.17) is 14.2 Å². The van der Waals surface area contributed by atoms with Crippen molar-refractivity contribution in [1.82, 2.24) is 4.90 Å². The lowest BCUT2D eigenvalue weighted by atomic mass is 9.81. The van der Waals surface area contributed by atoms with E-state index >= 15 is 0 Å². The molecule has 2 rings (SSSR count). The molecular weight excluding hydrogens is 442 g/mol. The van der Waals surface area contributed by atoms with Crippen molar-refractivity contribution in [3.8, 4) is 0 Å². The first-order valence-corrected chi connectivity index (χ1v) is 14.1. The predicted molar refractivity (Wildman–Crippen MR) is 141 cm³/mol. The molecule has 2 heterocycles. The summed E-state index contributed by atoms with van der Waals surface area (Å²) in [6.45, 7) is 5.06. The van der Waals surface area contributed by atoms with Gasteiger partial charge in [-0.05, 0) is 39.0 Å². The van der Waals surface area contributed by atoms with Crippen molar-refractivity contribution >= 4 is 5.97 Å². The van der Waals surface area contributed by atoms with Gasteiger partial charge in [-0.2, -0.15) is 0 Å². The van der Waals surface area contributed by atoms with Crippen molar-refractivity contribution in [2.75, 3.05) is 27.4 Å². The summed E-state index contributed by atoms with van der Waals surface area (Å²) < 4.78 is 16.2. The molecule has 2 aliphatic rings. The summed E-state index contributed by atoms with van der Waals surface area (Å²) in [5, 5.41) is 11.3. The van der Waals surface area contributed by atoms with Crippen LogP contribution in [0.4, 0.5) is 0 Å². The van der Waals surface area contributed by atoms with Gasteiger partial charge in [-0.15, -0.1) is 0 Å². The van der Waals surface area contributed by atoms with Crippen LogP contribution in [-0.2, 0) is 19.0 Å². The molecule has 0 spiro atoms. The van der Waals surface area contributed by atoms with E-state index in [1.54, 1.807) is 7.11 Å². The molecular formula is C29H51NO5. The molecule has 0 aromatic rings. The van der Waals surface area contributed by atoms with Gasteiger partial charge >= 0.3 is 5.97 Å². The van der Waals surface area contributed by atoms with Gasteiger partial charge in [-0.25, -0.2) is 4.79 Å². The van der Waals surface area contributed by atoms with E-state index in [0.717, 1.165) is 18.5 Å². The zero-order chi connectivity index (χ0) is 25.5. The molecule has 3 atom stereocenters. The number of aliphatic hydroxyl groups is 1. The molecule has 0 amide bonds. The van der Waals surface area contributed by atoms with Crippen LogP contribution in [0.1, 0.15) is 110 Å². The lowest BCUT2D eigenvalue weighted by molar-refractivity contribution is -0.267. The predicted octanol–water partition coefficient (Wildman–Crippen LogP) is 6.48. The van der Waals surface area contributed by atoms with Crippen molar-refractivity contribution < 1.29 is 24.1 Å². The third-order valence-electron chi connectivity index (χ3n) is 7.55. The average Bonchev–Trinajstić information content (AvgIpc) is 2.85. The Hall–Kier alpha value is -1.37. The van der Waals surface area contributed by atoms with E-state index in [2.05, 4.69) is 19.1 Å². The average molecular weight is 494 g/mol. The van der Waals surface area contributed by atoms with Crippen LogP contribution in [0.25, 0.3) is 0 Å². The quantitative estimate of drug-likeness (QED) is 0.134. The molecule has 2 aliphatic heterocycles. The Labute approximate surface area is 214 Å². The van der Waals surface area contributed by atoms with Crippen molar-refractivity contribution in [2.24, 2.45) is 5.92 Å². The smallest absolute Gasteiger partial charge is 0.335 e. The summed E-state index contributed by atoms with van der Waals surface area (Å²) in [6.07, 6.45) is 22.3. The van der Waals surface area contributed by atoms with Gasteiger partial charge in [-0.1, -0.05) is 76.9 Å². The normalized spacial score (nSPS) is 24.4. The number of carbonyl (C=O) groups excluding carboxylic acids is 1. The Kier molecular flexibility index (Phi) is 14.0. The van der Waals surface area contributed by atoms with Gasteiger partial charge in [0.15, 0.2) is 12.0 Å². The van der Waals surface area contributed by atoms with Crippen LogP contribution < -0.4 is 0 Å². The number of nitrogens with zero attached hydrogens (tertiary/aromatic N) is 1. The van der Waals surface area contributed by atoms with Crippen molar-refractivity contribution in [3.05, 3.63) is 23.4 Å². The van der Waals surface area contributed by atoms with Crippen LogP contribution in [0.2, 0.25) is 0 Å². The zero-order valence-corrected chi connectivity index (χ0v) is 22.9. The number of hydrogen-bond donors (Lipinski definition) is 1. The van der Waals surface area contributed by atoms with Gasteiger partial charge in [0.1, 0.15) is 0 Å². The SMILES string of the molecule is CCCCCCCC/C=C\CCCCCCCCN1C(C)=C(C(=O)OC)[C@H]2C[C@]1(O)CO[C@@H]2OC. The highest BCUT2D eigenvalue weighted by atomic mass is 16.7. The van der Waals surface area contributed by atoms with Crippen LogP contribution in [0.5, 0.6) is 0 Å². The first-order valence-electron chi connectivity index (χ1n) is 14.1. The van der Waals surface area contributed by atoms with E-state index < -0.39 is 12.0 Å². The van der Waals surface area contributed by atoms with Gasteiger partial charge in [0.25, 0.3) is 0 Å². The molecule has 6 nitrogen and oxygen atoms in total. The topological polar surface area (TPSA) is 68.2 Å². The minimum absolute atomic E-state index is 0.181. The number of fused-ring (bicyclic) bond motifs is 2. The summed E-state index contributed by atoms with van der Waals surface area (Å²) in [5.74, 6) is -0.685. The van der Waals surface area contributed by atoms with Crippen LogP contribution >= 0.6 is 0 Å². The van der Waals surface area contributed by atoms with Gasteiger partial charge in [0.05, 0.1) is 19.3 Å². The van der Waals surface area contributed by atoms with Crippen LogP contribution in [0, 0.1) is 5.92 Å². The van der Waals surface area contributed by atoms with E-state index in [1.165, 1.54) is 84.2 Å². The number of allylic oxidation sites excluding steroid dienone is 3. The third-order valence-corrected chi connectivity index (χ3v) is 7.55. The highest BCUT2D eigenvalue weighted by Gasteiger charge is 2.52. The van der Waals surface area contributed by atoms with Gasteiger partial charge in [0, 0.05) is 31.7 Å². The van der Waals surface area contributed by atoms with Crippen LogP contribution in [0.3, 0.4) is 0 Å². The lowest BCUT2D eigenvalue weighted by Gasteiger charge is -2.52. The molecule has 1 saturated heterocycles. The highest BCUT2D eigenvalue weighted by Crippen LogP contribution is 2.44. The summed E-state index contributed by atoms with van der Waals surface area (Å²) >= 11 is 0. The molecule has 0 unspecified atom stereocenters. The van der Waals surface area contributed by atoms with E-state index in [0.29, 0.717) is 18.5 Å². The highest BCUT2D eigenvalue weighted by molar-refractivity contribution is 5.90. The number of methoxy groups -OCH3 is 2. The molecule has 0 aliphatic carbocycles. The Balaban J connectivity index is 1.64. The maximum atomic E-state index is 12.5. The second-order valence-corrected chi connectivity index (χ2v) is 10.3. The molecule has 2 bridgehead atoms. The number of carbonyl (C=O) groups is 1. The maximum Gasteiger partial charge on any atom is 0.335 e. The largest absolute Gasteiger partial charge is 0.466 e. The first kappa shape index (κ1) is 29.9. The first-order chi connectivity index (χ1) is 17.0. The second-order valence-electron chi connectivity index (χ2n) is 10.3. The van der Waals surface area contributed by atoms with E-state index in [1.807, 2.05) is 11.8 Å². The standard InChI is InChI=1S/C29H51NO5/c1-5-6-7-8-9-10-11-12-13-14-15-16-17-18-19-20-21-30-24(2)26(27(31)33-3)25-22-29(30,32)23-35-28(25)34-4/h12-13,25,28,32H,5-11,14-23H2,1-4H3/b13-12-/t25-,28+,29+/m1/s1. The van der Waals surface area contributed by atoms with Crippen LogP contribution in [0.15, 0.2) is 23.4 Å². The van der Waals surface area contributed by atoms with Crippen LogP contribution in [-0.4, -0.2) is 55.4 Å². The Bertz CT molecular complexity index is 676. The van der Waals surface area contributed by atoms with Crippen molar-refractivity contribution in [2.45, 2.75) is 122 Å². The summed E-state index contributed by atoms with van der Waals surface area (Å²) in [4.78, 5) is 14.5. The fourth-order valence-electron chi connectivity index (χ4n) is 5.53. The number of esters is 1. The molecule has 0 aromatic heterocycles. The molecule has 35 heavy (non-hydrogen) atoms. The molecule has 0 aromatic carbocycles. The fourth-order valence-corrected chi connectivity index (χ4v) is 5.53. The Morgan fingerprint density at radius 1 is 1.00 bits per heavy atom. The van der Waals surface area contributed by atoms with Gasteiger partial charge in [0.2, 0.25) is 0 Å². The molecule has 0 saturated carbocycles. The van der Waals surface area contributed by atoms with Crippen molar-refractivity contribution in [3.63, 3.8) is 0 Å². The maximum absolute atomic E-state index is 12.5. The van der Waals surface area contributed by atoms with E-state index in [9.17, 15) is 9.90 Å². The monoisotopic (exact) mass is 493 g/mol. The van der Waals surface area contributed by atoms with Gasteiger partial charge < -0.3 is 24.2 Å². The molecule has 6 heteroatoms. The second kappa shape index (κ2) is 16.4. The fraction of sp³-hybridized carbons (Fsp3) is 0.828. The minimum atomic E-state index is -1.09. The third kappa shape index (κ3) is 9.22. The zero-order valence-electron chi connectivity index (χ0n) is 22.9. The Morgan fingerprint density at radius 3 is 2.14 bits per heavy atom. The van der Waals surface area contributed by atoms with Gasteiger partial charge in [-0.3, -0.25) is 0 Å². The number of hydrogen-bond acceptors (Lipinski definition) is 6. The number of rotatable bonds is 18. The summed E-state index contributed by atoms with van der Waals surface area (Å²) in [7, 11) is 2.96. The molecule has 1 fully saturated rings. The number of unbranched alkanes of at least 4 members (excludes halogenated alkanes) is 12. The lowest BCUT2D eigenvalue weighted by Crippen LogP contribution is -2.61. The minimum Gasteiger partial charge on any atom is -0.466 e. The van der Waals surface area contributed by atoms with E-state index in [-0.39, 0.29) is 18.5 Å². The summed E-state index contributed by atoms with van der Waals surface area (Å²) in [6, 6.07) is 0. The molecule has 1 N–H and O–H groups in total.